The summed E-state index contributed by atoms with van der Waals surface area (Å²) >= 11 is 2.93. The van der Waals surface area contributed by atoms with Crippen molar-refractivity contribution in [2.75, 3.05) is 32.1 Å². The van der Waals surface area contributed by atoms with Gasteiger partial charge in [0.2, 0.25) is 5.91 Å². The number of carbonyl (C=O) groups is 1. The zero-order valence-corrected chi connectivity index (χ0v) is 14.3. The van der Waals surface area contributed by atoms with Crippen LogP contribution in [0.1, 0.15) is 12.6 Å². The van der Waals surface area contributed by atoms with Gasteiger partial charge in [-0.1, -0.05) is 18.7 Å². The van der Waals surface area contributed by atoms with Crippen molar-refractivity contribution < 1.29 is 9.53 Å². The van der Waals surface area contributed by atoms with E-state index in [0.29, 0.717) is 42.5 Å². The largest absolute Gasteiger partial charge is 0.378 e. The van der Waals surface area contributed by atoms with Crippen molar-refractivity contribution in [3.8, 4) is 0 Å². The predicted molar refractivity (Wildman–Crippen MR) is 86.6 cm³/mol. The molecule has 0 radical (unpaired) electrons. The van der Waals surface area contributed by atoms with Crippen LogP contribution in [0.25, 0.3) is 0 Å². The summed E-state index contributed by atoms with van der Waals surface area (Å²) in [5.41, 5.74) is 0.877. The topological polar surface area (TPSA) is 64.4 Å². The van der Waals surface area contributed by atoms with Gasteiger partial charge in [-0.15, -0.1) is 11.8 Å². The molecule has 1 saturated heterocycles. The molecule has 0 unspecified atom stereocenters. The van der Waals surface area contributed by atoms with E-state index in [4.69, 9.17) is 4.74 Å². The van der Waals surface area contributed by atoms with Gasteiger partial charge in [0.15, 0.2) is 5.16 Å². The zero-order chi connectivity index (χ0) is 15.7. The molecule has 0 aromatic carbocycles. The fraction of sp³-hybridized carbons (Fsp3) is 0.643. The van der Waals surface area contributed by atoms with Gasteiger partial charge in [-0.2, -0.15) is 0 Å². The van der Waals surface area contributed by atoms with Crippen molar-refractivity contribution in [3.63, 3.8) is 0 Å². The normalized spacial score (nSPS) is 21.0. The van der Waals surface area contributed by atoms with E-state index < -0.39 is 0 Å². The quantitative estimate of drug-likeness (QED) is 0.598. The summed E-state index contributed by atoms with van der Waals surface area (Å²) in [6.07, 6.45) is 0.820. The van der Waals surface area contributed by atoms with E-state index in [1.165, 1.54) is 11.8 Å². The first kappa shape index (κ1) is 15.9. The van der Waals surface area contributed by atoms with E-state index in [1.54, 1.807) is 28.3 Å². The fourth-order valence-corrected chi connectivity index (χ4v) is 4.57. The maximum absolute atomic E-state index is 12.4. The highest BCUT2D eigenvalue weighted by atomic mass is 32.2. The lowest BCUT2D eigenvalue weighted by Gasteiger charge is -2.26. The van der Waals surface area contributed by atoms with E-state index in [0.717, 1.165) is 17.0 Å². The first-order valence-corrected chi connectivity index (χ1v) is 9.17. The van der Waals surface area contributed by atoms with Gasteiger partial charge >= 0.3 is 0 Å². The highest BCUT2D eigenvalue weighted by Crippen LogP contribution is 2.33. The smallest absolute Gasteiger partial charge is 0.267 e. The molecule has 1 atom stereocenters. The number of rotatable bonds is 3. The summed E-state index contributed by atoms with van der Waals surface area (Å²) in [7, 11) is 1.72. The maximum atomic E-state index is 12.4. The van der Waals surface area contributed by atoms with E-state index >= 15 is 0 Å². The van der Waals surface area contributed by atoms with Crippen LogP contribution in [0.15, 0.2) is 14.8 Å². The molecule has 3 heterocycles. The minimum absolute atomic E-state index is 0.000622. The Hall–Kier alpha value is -0.990. The van der Waals surface area contributed by atoms with Gasteiger partial charge < -0.3 is 9.64 Å². The number of ether oxygens (including phenoxy) is 1. The Kier molecular flexibility index (Phi) is 4.79. The molecule has 120 valence electrons. The summed E-state index contributed by atoms with van der Waals surface area (Å²) in [6, 6.07) is 0. The summed E-state index contributed by atoms with van der Waals surface area (Å²) in [4.78, 5) is 31.7. The minimum atomic E-state index is 0.000622. The lowest BCUT2D eigenvalue weighted by molar-refractivity contribution is -0.132. The van der Waals surface area contributed by atoms with Gasteiger partial charge in [0.25, 0.3) is 5.56 Å². The number of thioether (sulfide) groups is 2. The maximum Gasteiger partial charge on any atom is 0.267 e. The molecule has 1 aromatic rings. The molecule has 2 aliphatic rings. The molecule has 0 spiro atoms. The van der Waals surface area contributed by atoms with Gasteiger partial charge in [-0.05, 0) is 0 Å². The van der Waals surface area contributed by atoms with Crippen LogP contribution in [0.5, 0.6) is 0 Å². The van der Waals surface area contributed by atoms with Crippen LogP contribution in [-0.4, -0.2) is 57.7 Å². The van der Waals surface area contributed by atoms with Crippen LogP contribution in [0.3, 0.4) is 0 Å². The first-order chi connectivity index (χ1) is 10.6. The Balaban J connectivity index is 1.71. The Labute approximate surface area is 137 Å². The first-order valence-electron chi connectivity index (χ1n) is 7.31. The number of aromatic nitrogens is 2. The van der Waals surface area contributed by atoms with Crippen LogP contribution < -0.4 is 5.56 Å². The molecule has 0 bridgehead atoms. The molecule has 2 aliphatic heterocycles. The number of hydrogen-bond acceptors (Lipinski definition) is 6. The Bertz CT molecular complexity index is 641. The standard InChI is InChI=1S/C14H19N3O3S2/c1-9-7-10-12(22-9)13(19)16(2)14(15-10)21-8-11(18)17-3-5-20-6-4-17/h9H,3-8H2,1-2H3/t9-/m0/s1. The van der Waals surface area contributed by atoms with Crippen LogP contribution in [0.4, 0.5) is 0 Å². The molecule has 0 N–H and O–H groups in total. The third kappa shape index (κ3) is 3.18. The average Bonchev–Trinajstić information content (AvgIpc) is 2.90. The van der Waals surface area contributed by atoms with Gasteiger partial charge in [0.1, 0.15) is 0 Å². The highest BCUT2D eigenvalue weighted by Gasteiger charge is 2.26. The minimum Gasteiger partial charge on any atom is -0.378 e. The molecule has 22 heavy (non-hydrogen) atoms. The molecular formula is C14H19N3O3S2. The molecule has 0 aliphatic carbocycles. The van der Waals surface area contributed by atoms with Gasteiger partial charge in [0.05, 0.1) is 29.6 Å². The molecule has 1 amide bonds. The van der Waals surface area contributed by atoms with Crippen molar-refractivity contribution >= 4 is 29.4 Å². The monoisotopic (exact) mass is 341 g/mol. The van der Waals surface area contributed by atoms with Gasteiger partial charge in [-0.25, -0.2) is 4.98 Å². The van der Waals surface area contributed by atoms with Crippen molar-refractivity contribution in [1.29, 1.82) is 0 Å². The third-order valence-electron chi connectivity index (χ3n) is 3.77. The van der Waals surface area contributed by atoms with E-state index in [1.807, 2.05) is 0 Å². The van der Waals surface area contributed by atoms with Crippen LogP contribution >= 0.6 is 23.5 Å². The molecular weight excluding hydrogens is 322 g/mol. The average molecular weight is 341 g/mol. The number of fused-ring (bicyclic) bond motifs is 1. The van der Waals surface area contributed by atoms with E-state index in [2.05, 4.69) is 11.9 Å². The Morgan fingerprint density at radius 3 is 2.91 bits per heavy atom. The Morgan fingerprint density at radius 2 is 2.18 bits per heavy atom. The number of morpholine rings is 1. The number of nitrogens with zero attached hydrogens (tertiary/aromatic N) is 3. The van der Waals surface area contributed by atoms with Crippen molar-refractivity contribution in [2.45, 2.75) is 28.6 Å². The summed E-state index contributed by atoms with van der Waals surface area (Å²) in [5, 5.41) is 1.02. The van der Waals surface area contributed by atoms with Crippen molar-refractivity contribution in [1.82, 2.24) is 14.5 Å². The second-order valence-corrected chi connectivity index (χ2v) is 7.84. The molecule has 0 saturated carbocycles. The highest BCUT2D eigenvalue weighted by molar-refractivity contribution is 8.00. The molecule has 6 nitrogen and oxygen atoms in total. The molecule has 8 heteroatoms. The van der Waals surface area contributed by atoms with Crippen molar-refractivity contribution in [2.24, 2.45) is 7.05 Å². The zero-order valence-electron chi connectivity index (χ0n) is 12.7. The number of amides is 1. The van der Waals surface area contributed by atoms with Crippen LogP contribution in [0.2, 0.25) is 0 Å². The summed E-state index contributed by atoms with van der Waals surface area (Å²) < 4.78 is 6.80. The summed E-state index contributed by atoms with van der Waals surface area (Å²) in [6.45, 7) is 4.58. The second-order valence-electron chi connectivity index (χ2n) is 5.45. The van der Waals surface area contributed by atoms with Gasteiger partial charge in [0, 0.05) is 31.8 Å². The lowest BCUT2D eigenvalue weighted by atomic mass is 10.2. The predicted octanol–water partition coefficient (Wildman–Crippen LogP) is 0.768. The lowest BCUT2D eigenvalue weighted by Crippen LogP contribution is -2.41. The number of hydrogen-bond donors (Lipinski definition) is 0. The molecule has 1 aromatic heterocycles. The van der Waals surface area contributed by atoms with Gasteiger partial charge in [-0.3, -0.25) is 14.2 Å². The molecule has 1 fully saturated rings. The number of carbonyl (C=O) groups excluding carboxylic acids is 1. The van der Waals surface area contributed by atoms with E-state index in [9.17, 15) is 9.59 Å². The van der Waals surface area contributed by atoms with Crippen molar-refractivity contribution in [3.05, 3.63) is 16.0 Å². The molecule has 3 rings (SSSR count). The third-order valence-corrected chi connectivity index (χ3v) is 6.00. The second kappa shape index (κ2) is 6.64. The fourth-order valence-electron chi connectivity index (χ4n) is 2.54. The van der Waals surface area contributed by atoms with Crippen LogP contribution in [-0.2, 0) is 23.0 Å². The van der Waals surface area contributed by atoms with E-state index in [-0.39, 0.29) is 11.5 Å². The Morgan fingerprint density at radius 1 is 1.45 bits per heavy atom. The summed E-state index contributed by atoms with van der Waals surface area (Å²) in [5.74, 6) is 0.382. The SMILES string of the molecule is C[C@H]1Cc2nc(SCC(=O)N3CCOCC3)n(C)c(=O)c2S1. The van der Waals surface area contributed by atoms with Crippen LogP contribution in [0, 0.1) is 0 Å².